The van der Waals surface area contributed by atoms with Gasteiger partial charge in [-0.25, -0.2) is 9.48 Å². The molecule has 9 heteroatoms. The van der Waals surface area contributed by atoms with E-state index in [0.717, 1.165) is 27.7 Å². The number of pyridine rings is 1. The zero-order chi connectivity index (χ0) is 29.4. The first-order valence-electron chi connectivity index (χ1n) is 13.7. The van der Waals surface area contributed by atoms with Crippen LogP contribution in [0.15, 0.2) is 108 Å². The molecule has 2 aromatic heterocycles. The molecule has 1 aliphatic heterocycles. The average Bonchev–Trinajstić information content (AvgIpc) is 3.50. The predicted octanol–water partition coefficient (Wildman–Crippen LogP) is 5.13. The van der Waals surface area contributed by atoms with E-state index in [1.54, 1.807) is 35.1 Å². The Hall–Kier alpha value is -5.18. The summed E-state index contributed by atoms with van der Waals surface area (Å²) in [5, 5.41) is 8.41. The Labute approximate surface area is 243 Å². The molecule has 0 spiro atoms. The summed E-state index contributed by atoms with van der Waals surface area (Å²) in [6, 6.07) is 27.1. The molecule has 9 nitrogen and oxygen atoms in total. The summed E-state index contributed by atoms with van der Waals surface area (Å²) in [4.78, 5) is 40.8. The lowest BCUT2D eigenvalue weighted by Crippen LogP contribution is -2.46. The van der Waals surface area contributed by atoms with Gasteiger partial charge in [-0.1, -0.05) is 60.7 Å². The third-order valence-corrected chi connectivity index (χ3v) is 7.91. The van der Waals surface area contributed by atoms with Gasteiger partial charge in [0.05, 0.1) is 34.9 Å². The van der Waals surface area contributed by atoms with E-state index in [2.05, 4.69) is 10.4 Å². The number of hydrogen-bond donors (Lipinski definition) is 1. The van der Waals surface area contributed by atoms with E-state index in [4.69, 9.17) is 4.74 Å². The number of amides is 2. The molecule has 3 heterocycles. The lowest BCUT2D eigenvalue weighted by Gasteiger charge is -2.30. The highest BCUT2D eigenvalue weighted by molar-refractivity contribution is 6.03. The molecular weight excluding hydrogens is 530 g/mol. The molecule has 0 unspecified atom stereocenters. The summed E-state index contributed by atoms with van der Waals surface area (Å²) in [6.45, 7) is 3.83. The van der Waals surface area contributed by atoms with Crippen LogP contribution in [0.25, 0.3) is 16.6 Å². The first-order valence-corrected chi connectivity index (χ1v) is 13.7. The monoisotopic (exact) mass is 561 g/mol. The molecule has 212 valence electrons. The third-order valence-electron chi connectivity index (χ3n) is 7.91. The van der Waals surface area contributed by atoms with Gasteiger partial charge in [0.25, 0.3) is 0 Å². The molecule has 42 heavy (non-hydrogen) atoms. The van der Waals surface area contributed by atoms with Gasteiger partial charge in [-0.3, -0.25) is 9.59 Å². The lowest BCUT2D eigenvalue weighted by atomic mass is 9.82. The van der Waals surface area contributed by atoms with Crippen molar-refractivity contribution in [1.82, 2.24) is 19.7 Å². The topological polar surface area (TPSA) is 98.5 Å². The number of nitrogens with one attached hydrogen (secondary N) is 1. The Morgan fingerprint density at radius 3 is 2.33 bits per heavy atom. The van der Waals surface area contributed by atoms with Gasteiger partial charge in [-0.2, -0.15) is 5.10 Å². The number of alkyl carbamates (subject to hydrolysis) is 1. The smallest absolute Gasteiger partial charge is 0.407 e. The molecule has 5 aromatic rings. The maximum absolute atomic E-state index is 14.1. The van der Waals surface area contributed by atoms with Crippen LogP contribution in [0.1, 0.15) is 31.0 Å². The number of ether oxygens (including phenoxy) is 1. The number of carbonyl (C=O) groups excluding carboxylic acids is 2. The number of rotatable bonds is 6. The van der Waals surface area contributed by atoms with Gasteiger partial charge in [-0.05, 0) is 49.2 Å². The largest absolute Gasteiger partial charge is 0.445 e. The van der Waals surface area contributed by atoms with E-state index in [-0.39, 0.29) is 18.1 Å². The third kappa shape index (κ3) is 4.83. The fourth-order valence-electron chi connectivity index (χ4n) is 5.61. The number of benzene rings is 3. The van der Waals surface area contributed by atoms with Crippen molar-refractivity contribution >= 4 is 28.6 Å². The van der Waals surface area contributed by atoms with Crippen LogP contribution < -0.4 is 15.8 Å². The summed E-state index contributed by atoms with van der Waals surface area (Å²) in [5.41, 5.74) is 3.01. The molecule has 6 rings (SSSR count). The average molecular weight is 562 g/mol. The molecular formula is C33H31N5O4. The van der Waals surface area contributed by atoms with E-state index < -0.39 is 23.6 Å². The Morgan fingerprint density at radius 2 is 1.62 bits per heavy atom. The van der Waals surface area contributed by atoms with Gasteiger partial charge in [0, 0.05) is 30.4 Å². The van der Waals surface area contributed by atoms with Gasteiger partial charge in [-0.15, -0.1) is 0 Å². The quantitative estimate of drug-likeness (QED) is 0.310. The molecule has 2 atom stereocenters. The SMILES string of the molecule is Cn1cc(-n2ncc3cc(N4C(=O)C(C)(C)[C@@H](NC(=O)OCc5ccccc5)[C@@H]4c4ccccc4)ccc32)ccc1=O. The number of aryl methyl sites for hydroxylation is 1. The number of hydrogen-bond acceptors (Lipinski definition) is 5. The number of fused-ring (bicyclic) bond motifs is 1. The fourth-order valence-corrected chi connectivity index (χ4v) is 5.61. The van der Waals surface area contributed by atoms with E-state index in [9.17, 15) is 14.4 Å². The van der Waals surface area contributed by atoms with Crippen LogP contribution in [-0.2, 0) is 23.2 Å². The standard InChI is InChI=1S/C33H31N5O4/c1-33(2)30(35-32(41)42-21-22-10-6-4-7-11-22)29(23-12-8-5-9-13-23)37(31(33)40)25-14-16-27-24(18-25)19-34-38(27)26-15-17-28(39)36(3)20-26/h4-20,29-30H,21H2,1-3H3,(H,35,41)/t29-,30-/m0/s1. The summed E-state index contributed by atoms with van der Waals surface area (Å²) < 4.78 is 8.81. The van der Waals surface area contributed by atoms with Crippen LogP contribution >= 0.6 is 0 Å². The van der Waals surface area contributed by atoms with Gasteiger partial charge < -0.3 is 19.5 Å². The molecule has 0 bridgehead atoms. The molecule has 3 aromatic carbocycles. The molecule has 1 fully saturated rings. The molecule has 2 amide bonds. The summed E-state index contributed by atoms with van der Waals surface area (Å²) >= 11 is 0. The molecule has 0 saturated carbocycles. The van der Waals surface area contributed by atoms with Crippen LogP contribution in [0.3, 0.4) is 0 Å². The first-order chi connectivity index (χ1) is 20.2. The second-order valence-electron chi connectivity index (χ2n) is 11.1. The van der Waals surface area contributed by atoms with Gasteiger partial charge in [0.2, 0.25) is 11.5 Å². The minimum Gasteiger partial charge on any atom is -0.445 e. The van der Waals surface area contributed by atoms with Crippen molar-refractivity contribution in [1.29, 1.82) is 0 Å². The maximum atomic E-state index is 14.1. The number of carbonyl (C=O) groups is 2. The van der Waals surface area contributed by atoms with Gasteiger partial charge in [0.1, 0.15) is 6.61 Å². The Morgan fingerprint density at radius 1 is 0.929 bits per heavy atom. The molecule has 0 aliphatic carbocycles. The van der Waals surface area contributed by atoms with Crippen LogP contribution in [0.2, 0.25) is 0 Å². The van der Waals surface area contributed by atoms with Crippen LogP contribution in [-0.4, -0.2) is 32.4 Å². The highest BCUT2D eigenvalue weighted by atomic mass is 16.5. The van der Waals surface area contributed by atoms with Crippen molar-refractivity contribution in [2.75, 3.05) is 4.90 Å². The van der Waals surface area contributed by atoms with Crippen LogP contribution in [0.4, 0.5) is 10.5 Å². The van der Waals surface area contributed by atoms with Gasteiger partial charge >= 0.3 is 6.09 Å². The van der Waals surface area contributed by atoms with Gasteiger partial charge in [0.15, 0.2) is 0 Å². The Balaban J connectivity index is 1.35. The molecule has 0 radical (unpaired) electrons. The second-order valence-corrected chi connectivity index (χ2v) is 11.1. The second kappa shape index (κ2) is 10.7. The highest BCUT2D eigenvalue weighted by Crippen LogP contribution is 2.47. The van der Waals surface area contributed by atoms with E-state index in [1.807, 2.05) is 92.7 Å². The number of anilines is 1. The van der Waals surface area contributed by atoms with Crippen molar-refractivity contribution < 1.29 is 14.3 Å². The minimum absolute atomic E-state index is 0.105. The first kappa shape index (κ1) is 27.0. The van der Waals surface area contributed by atoms with Crippen LogP contribution in [0.5, 0.6) is 0 Å². The van der Waals surface area contributed by atoms with Crippen molar-refractivity contribution in [3.05, 3.63) is 125 Å². The maximum Gasteiger partial charge on any atom is 0.407 e. The fraction of sp³-hybridized carbons (Fsp3) is 0.212. The Kier molecular flexibility index (Phi) is 6.86. The van der Waals surface area contributed by atoms with Crippen molar-refractivity contribution in [3.8, 4) is 5.69 Å². The highest BCUT2D eigenvalue weighted by Gasteiger charge is 2.55. The van der Waals surface area contributed by atoms with E-state index in [1.165, 1.54) is 10.6 Å². The van der Waals surface area contributed by atoms with Crippen molar-refractivity contribution in [2.45, 2.75) is 32.5 Å². The van der Waals surface area contributed by atoms with Crippen molar-refractivity contribution in [2.24, 2.45) is 12.5 Å². The zero-order valence-corrected chi connectivity index (χ0v) is 23.6. The normalized spacial score (nSPS) is 17.9. The lowest BCUT2D eigenvalue weighted by molar-refractivity contribution is -0.124. The predicted molar refractivity (Wildman–Crippen MR) is 160 cm³/mol. The molecule has 1 aliphatic rings. The summed E-state index contributed by atoms with van der Waals surface area (Å²) in [6.07, 6.45) is 2.89. The number of aromatic nitrogens is 3. The van der Waals surface area contributed by atoms with E-state index in [0.29, 0.717) is 5.69 Å². The minimum atomic E-state index is -0.930. The zero-order valence-electron chi connectivity index (χ0n) is 23.6. The molecule has 1 saturated heterocycles. The molecule has 1 N–H and O–H groups in total. The van der Waals surface area contributed by atoms with Crippen LogP contribution in [0, 0.1) is 5.41 Å². The van der Waals surface area contributed by atoms with E-state index >= 15 is 0 Å². The summed E-state index contributed by atoms with van der Waals surface area (Å²) in [5.74, 6) is -0.116. The van der Waals surface area contributed by atoms with Crippen molar-refractivity contribution in [3.63, 3.8) is 0 Å². The summed E-state index contributed by atoms with van der Waals surface area (Å²) in [7, 11) is 1.70. The number of nitrogens with zero attached hydrogens (tertiary/aromatic N) is 4. The Bertz CT molecular complexity index is 1830.